The van der Waals surface area contributed by atoms with Crippen molar-refractivity contribution in [3.8, 4) is 43.0 Å². The zero-order chi connectivity index (χ0) is 28.1. The third-order valence-electron chi connectivity index (χ3n) is 6.07. The Balaban J connectivity index is 1.43. The van der Waals surface area contributed by atoms with Gasteiger partial charge < -0.3 is 10.2 Å². The van der Waals surface area contributed by atoms with Gasteiger partial charge in [0, 0.05) is 27.0 Å². The summed E-state index contributed by atoms with van der Waals surface area (Å²) in [5.74, 6) is -1.09. The summed E-state index contributed by atoms with van der Waals surface area (Å²) in [6, 6.07) is 18.0. The normalized spacial score (nSPS) is 11.0. The van der Waals surface area contributed by atoms with Gasteiger partial charge in [-0.1, -0.05) is 19.8 Å². The number of carboxylic acid groups (broad SMARTS) is 2. The van der Waals surface area contributed by atoms with E-state index in [1.54, 1.807) is 17.5 Å². The Hall–Kier alpha value is -3.86. The van der Waals surface area contributed by atoms with E-state index in [9.17, 15) is 19.8 Å². The fourth-order valence-electron chi connectivity index (χ4n) is 4.02. The Bertz CT molecular complexity index is 1680. The molecular weight excluding hydrogens is 563 g/mol. The number of hydrogen-bond donors (Lipinski definition) is 2. The van der Waals surface area contributed by atoms with Gasteiger partial charge in [-0.2, -0.15) is 0 Å². The van der Waals surface area contributed by atoms with E-state index in [1.165, 1.54) is 63.7 Å². The average Bonchev–Trinajstić information content (AvgIpc) is 3.65. The summed E-state index contributed by atoms with van der Waals surface area (Å²) in [6.07, 6.45) is 6.77. The number of unbranched alkanes of at least 4 members (excludes halogenated alkanes) is 2. The van der Waals surface area contributed by atoms with Gasteiger partial charge >= 0.3 is 11.9 Å². The molecule has 10 heteroatoms. The van der Waals surface area contributed by atoms with Crippen molar-refractivity contribution >= 4 is 46.4 Å². The first-order chi connectivity index (χ1) is 19.4. The van der Waals surface area contributed by atoms with Crippen molar-refractivity contribution in [1.29, 1.82) is 0 Å². The molecule has 5 aromatic heterocycles. The minimum Gasteiger partial charge on any atom is -0.478 e. The van der Waals surface area contributed by atoms with Crippen LogP contribution in [0.1, 0.15) is 46.9 Å². The van der Waals surface area contributed by atoms with E-state index < -0.39 is 11.9 Å². The van der Waals surface area contributed by atoms with Crippen LogP contribution in [0.4, 0.5) is 0 Å². The first-order valence-electron chi connectivity index (χ1n) is 12.7. The van der Waals surface area contributed by atoms with Crippen LogP contribution in [-0.2, 0) is 0 Å². The molecule has 2 N–H and O–H groups in total. The molecule has 0 unspecified atom stereocenters. The zero-order valence-electron chi connectivity index (χ0n) is 21.5. The van der Waals surface area contributed by atoms with Crippen molar-refractivity contribution in [3.05, 3.63) is 84.2 Å². The molecule has 5 aromatic rings. The maximum absolute atomic E-state index is 11.9. The van der Waals surface area contributed by atoms with Crippen LogP contribution in [0.5, 0.6) is 0 Å². The summed E-state index contributed by atoms with van der Waals surface area (Å²) >= 11 is 5.42. The van der Waals surface area contributed by atoms with Gasteiger partial charge in [-0.15, -0.1) is 34.4 Å². The maximum atomic E-state index is 11.9. The third-order valence-corrected chi connectivity index (χ3v) is 9.80. The molecule has 0 aliphatic carbocycles. The smallest absolute Gasteiger partial charge is 0.335 e. The standard InChI is InChI=1S/C30H25N3O4S3/c1-2-3-4-13-38-28-8-7-27(40-28)26-6-5-25(39-26)18-9-11-31-21(14-18)23-16-20(30(36)37)17-24(33-23)22-15-19(29(34)35)10-12-32-22/h5-12,14-17H,2-4,13H2,1H3,(H,34,35)(H,36,37). The number of aromatic nitrogens is 3. The van der Waals surface area contributed by atoms with Crippen LogP contribution in [-0.4, -0.2) is 42.9 Å². The summed E-state index contributed by atoms with van der Waals surface area (Å²) in [7, 11) is 0. The van der Waals surface area contributed by atoms with Gasteiger partial charge in [-0.3, -0.25) is 9.97 Å². The van der Waals surface area contributed by atoms with E-state index in [1.807, 2.05) is 35.2 Å². The Morgan fingerprint density at radius 2 is 1.35 bits per heavy atom. The van der Waals surface area contributed by atoms with Gasteiger partial charge in [0.05, 0.1) is 38.1 Å². The van der Waals surface area contributed by atoms with E-state index in [4.69, 9.17) is 0 Å². The van der Waals surface area contributed by atoms with Gasteiger partial charge in [-0.05, 0) is 78.4 Å². The lowest BCUT2D eigenvalue weighted by molar-refractivity contribution is 0.0686. The molecule has 0 amide bonds. The van der Waals surface area contributed by atoms with Crippen LogP contribution in [0.15, 0.2) is 77.3 Å². The number of carboxylic acids is 2. The molecule has 202 valence electrons. The Labute approximate surface area is 243 Å². The number of thioether (sulfide) groups is 1. The second-order valence-electron chi connectivity index (χ2n) is 8.93. The maximum Gasteiger partial charge on any atom is 0.335 e. The summed E-state index contributed by atoms with van der Waals surface area (Å²) < 4.78 is 1.33. The highest BCUT2D eigenvalue weighted by Crippen LogP contribution is 2.40. The molecule has 0 aromatic carbocycles. The Morgan fingerprint density at radius 1 is 0.725 bits per heavy atom. The van der Waals surface area contributed by atoms with E-state index in [0.717, 1.165) is 16.2 Å². The van der Waals surface area contributed by atoms with Crippen LogP contribution in [0.2, 0.25) is 0 Å². The number of rotatable bonds is 11. The molecule has 0 bridgehead atoms. The number of carbonyl (C=O) groups is 2. The molecule has 0 radical (unpaired) electrons. The average molecular weight is 588 g/mol. The van der Waals surface area contributed by atoms with E-state index >= 15 is 0 Å². The molecule has 0 aliphatic rings. The summed E-state index contributed by atoms with van der Waals surface area (Å²) in [4.78, 5) is 40.1. The molecular formula is C30H25N3O4S3. The van der Waals surface area contributed by atoms with Crippen LogP contribution in [0.3, 0.4) is 0 Å². The SMILES string of the molecule is CCCCCSc1ccc(-c2ccc(-c3ccnc(-c4cc(C(=O)O)cc(-c5cc(C(=O)O)ccn5)n4)c3)s2)s1. The molecule has 0 fully saturated rings. The second kappa shape index (κ2) is 12.5. The fraction of sp³-hybridized carbons (Fsp3) is 0.167. The summed E-state index contributed by atoms with van der Waals surface area (Å²) in [5, 5.41) is 19.1. The monoisotopic (exact) mass is 587 g/mol. The number of pyridine rings is 3. The van der Waals surface area contributed by atoms with Crippen molar-refractivity contribution in [2.75, 3.05) is 5.75 Å². The van der Waals surface area contributed by atoms with Crippen LogP contribution in [0.25, 0.3) is 43.0 Å². The molecule has 0 saturated carbocycles. The lowest BCUT2D eigenvalue weighted by Crippen LogP contribution is -2.02. The fourth-order valence-corrected chi connectivity index (χ4v) is 7.32. The van der Waals surface area contributed by atoms with Gasteiger partial charge in [-0.25, -0.2) is 14.6 Å². The van der Waals surface area contributed by atoms with Gasteiger partial charge in [0.2, 0.25) is 0 Å². The minimum atomic E-state index is -1.13. The van der Waals surface area contributed by atoms with E-state index in [0.29, 0.717) is 11.4 Å². The molecule has 0 aliphatic heterocycles. The second-order valence-corrected chi connectivity index (χ2v) is 12.5. The Kier molecular flexibility index (Phi) is 8.69. The van der Waals surface area contributed by atoms with Crippen molar-refractivity contribution in [3.63, 3.8) is 0 Å². The molecule has 5 heterocycles. The van der Waals surface area contributed by atoms with Gasteiger partial charge in [0.15, 0.2) is 0 Å². The van der Waals surface area contributed by atoms with Crippen LogP contribution >= 0.6 is 34.4 Å². The van der Waals surface area contributed by atoms with Gasteiger partial charge in [0.1, 0.15) is 0 Å². The van der Waals surface area contributed by atoms with Crippen molar-refractivity contribution < 1.29 is 19.8 Å². The number of nitrogens with zero attached hydrogens (tertiary/aromatic N) is 3. The summed E-state index contributed by atoms with van der Waals surface area (Å²) in [5.41, 5.74) is 2.38. The topological polar surface area (TPSA) is 113 Å². The molecule has 0 atom stereocenters. The van der Waals surface area contributed by atoms with Crippen molar-refractivity contribution in [1.82, 2.24) is 15.0 Å². The quantitative estimate of drug-likeness (QED) is 0.117. The van der Waals surface area contributed by atoms with Gasteiger partial charge in [0.25, 0.3) is 0 Å². The largest absolute Gasteiger partial charge is 0.478 e. The van der Waals surface area contributed by atoms with E-state index in [-0.39, 0.29) is 22.5 Å². The van der Waals surface area contributed by atoms with E-state index in [2.05, 4.69) is 46.1 Å². The highest BCUT2D eigenvalue weighted by atomic mass is 32.2. The third kappa shape index (κ3) is 6.47. The Morgan fingerprint density at radius 3 is 2.08 bits per heavy atom. The number of thiophene rings is 2. The molecule has 0 spiro atoms. The highest BCUT2D eigenvalue weighted by Gasteiger charge is 2.16. The molecule has 0 saturated heterocycles. The lowest BCUT2D eigenvalue weighted by atomic mass is 10.1. The predicted octanol–water partition coefficient (Wildman–Crippen LogP) is 8.34. The molecule has 40 heavy (non-hydrogen) atoms. The van der Waals surface area contributed by atoms with Crippen LogP contribution < -0.4 is 0 Å². The van der Waals surface area contributed by atoms with Crippen LogP contribution in [0, 0.1) is 0 Å². The molecule has 7 nitrogen and oxygen atoms in total. The van der Waals surface area contributed by atoms with Crippen molar-refractivity contribution in [2.45, 2.75) is 30.4 Å². The zero-order valence-corrected chi connectivity index (χ0v) is 24.0. The first kappa shape index (κ1) is 27.7. The lowest BCUT2D eigenvalue weighted by Gasteiger charge is -2.08. The minimum absolute atomic E-state index is 0.00852. The summed E-state index contributed by atoms with van der Waals surface area (Å²) in [6.45, 7) is 2.22. The molecule has 5 rings (SSSR count). The first-order valence-corrected chi connectivity index (χ1v) is 15.3. The number of aromatic carboxylic acids is 2. The predicted molar refractivity (Wildman–Crippen MR) is 161 cm³/mol. The highest BCUT2D eigenvalue weighted by molar-refractivity contribution is 8.01. The number of hydrogen-bond acceptors (Lipinski definition) is 8. The van der Waals surface area contributed by atoms with Crippen molar-refractivity contribution in [2.24, 2.45) is 0 Å².